The molecule has 1 aliphatic heterocycles. The quantitative estimate of drug-likeness (QED) is 0.652. The van der Waals surface area contributed by atoms with Crippen LogP contribution < -0.4 is 5.32 Å². The molecule has 0 amide bonds. The first-order valence-electron chi connectivity index (χ1n) is 5.73. The number of nitrogens with one attached hydrogen (secondary N) is 1. The van der Waals surface area contributed by atoms with Gasteiger partial charge in [0.1, 0.15) is 6.07 Å². The van der Waals surface area contributed by atoms with Crippen LogP contribution in [0.15, 0.2) is 18.2 Å². The van der Waals surface area contributed by atoms with E-state index in [4.69, 9.17) is 10.00 Å². The first-order chi connectivity index (χ1) is 8.70. The lowest BCUT2D eigenvalue weighted by atomic mass is 10.1. The van der Waals surface area contributed by atoms with Crippen LogP contribution in [0.25, 0.3) is 0 Å². The minimum Gasteiger partial charge on any atom is -0.381 e. The van der Waals surface area contributed by atoms with Crippen molar-refractivity contribution >= 4 is 11.4 Å². The second kappa shape index (κ2) is 5.47. The van der Waals surface area contributed by atoms with Crippen molar-refractivity contribution in [2.75, 3.05) is 18.5 Å². The number of nitro groups is 1. The van der Waals surface area contributed by atoms with Gasteiger partial charge in [-0.05, 0) is 18.9 Å². The molecule has 1 heterocycles. The van der Waals surface area contributed by atoms with Crippen LogP contribution in [0.2, 0.25) is 0 Å². The molecule has 1 N–H and O–H groups in total. The highest BCUT2D eigenvalue weighted by Crippen LogP contribution is 2.23. The molecule has 6 nitrogen and oxygen atoms in total. The van der Waals surface area contributed by atoms with Crippen molar-refractivity contribution in [1.29, 1.82) is 5.26 Å². The van der Waals surface area contributed by atoms with E-state index in [1.165, 1.54) is 12.1 Å². The molecule has 0 bridgehead atoms. The Kier molecular flexibility index (Phi) is 3.75. The molecule has 1 fully saturated rings. The molecule has 2 rings (SSSR count). The number of hydrogen-bond donors (Lipinski definition) is 1. The van der Waals surface area contributed by atoms with E-state index < -0.39 is 4.92 Å². The molecule has 0 atom stereocenters. The normalized spacial score (nSPS) is 15.9. The van der Waals surface area contributed by atoms with Gasteiger partial charge in [0.25, 0.3) is 5.69 Å². The summed E-state index contributed by atoms with van der Waals surface area (Å²) in [5.74, 6) is 0. The molecule has 94 valence electrons. The van der Waals surface area contributed by atoms with Crippen LogP contribution in [0.1, 0.15) is 18.4 Å². The van der Waals surface area contributed by atoms with Gasteiger partial charge in [0, 0.05) is 31.4 Å². The Hall–Kier alpha value is -2.13. The molecular weight excluding hydrogens is 234 g/mol. The first kappa shape index (κ1) is 12.3. The predicted molar refractivity (Wildman–Crippen MR) is 65.3 cm³/mol. The Morgan fingerprint density at radius 2 is 2.17 bits per heavy atom. The minimum atomic E-state index is -0.501. The summed E-state index contributed by atoms with van der Waals surface area (Å²) in [5, 5.41) is 22.9. The van der Waals surface area contributed by atoms with Crippen LogP contribution in [0.5, 0.6) is 0 Å². The number of nitriles is 1. The van der Waals surface area contributed by atoms with Gasteiger partial charge in [-0.3, -0.25) is 10.1 Å². The largest absolute Gasteiger partial charge is 0.381 e. The highest BCUT2D eigenvalue weighted by Gasteiger charge is 2.16. The number of benzene rings is 1. The highest BCUT2D eigenvalue weighted by molar-refractivity contribution is 5.61. The van der Waals surface area contributed by atoms with Crippen molar-refractivity contribution in [3.63, 3.8) is 0 Å². The van der Waals surface area contributed by atoms with Gasteiger partial charge in [0.15, 0.2) is 0 Å². The lowest BCUT2D eigenvalue weighted by Crippen LogP contribution is -2.28. The van der Waals surface area contributed by atoms with E-state index in [9.17, 15) is 10.1 Å². The van der Waals surface area contributed by atoms with Crippen molar-refractivity contribution in [3.05, 3.63) is 33.9 Å². The molecule has 0 spiro atoms. The van der Waals surface area contributed by atoms with Gasteiger partial charge >= 0.3 is 0 Å². The Bertz CT molecular complexity index is 490. The van der Waals surface area contributed by atoms with Crippen LogP contribution >= 0.6 is 0 Å². The van der Waals surface area contributed by atoms with E-state index in [0.29, 0.717) is 24.5 Å². The van der Waals surface area contributed by atoms with Gasteiger partial charge in [-0.1, -0.05) is 0 Å². The number of anilines is 1. The molecule has 0 aromatic heterocycles. The highest BCUT2D eigenvalue weighted by atomic mass is 16.6. The maximum absolute atomic E-state index is 10.6. The molecule has 0 unspecified atom stereocenters. The third-order valence-electron chi connectivity index (χ3n) is 2.92. The fourth-order valence-corrected chi connectivity index (χ4v) is 1.93. The van der Waals surface area contributed by atoms with Crippen molar-refractivity contribution in [2.45, 2.75) is 18.9 Å². The zero-order chi connectivity index (χ0) is 13.0. The van der Waals surface area contributed by atoms with E-state index in [0.717, 1.165) is 12.8 Å². The van der Waals surface area contributed by atoms with E-state index in [1.807, 2.05) is 6.07 Å². The van der Waals surface area contributed by atoms with Crippen LogP contribution in [0, 0.1) is 21.4 Å². The maximum Gasteiger partial charge on any atom is 0.270 e. The Labute approximate surface area is 104 Å². The molecular formula is C12H13N3O3. The van der Waals surface area contributed by atoms with Crippen molar-refractivity contribution in [2.24, 2.45) is 0 Å². The number of nitrogens with zero attached hydrogens (tertiary/aromatic N) is 2. The summed E-state index contributed by atoms with van der Waals surface area (Å²) in [6.07, 6.45) is 1.75. The molecule has 1 aromatic carbocycles. The molecule has 1 aromatic rings. The molecule has 1 saturated heterocycles. The SMILES string of the molecule is N#Cc1cc([N+](=O)[O-])ccc1NC1CCOCC1. The maximum atomic E-state index is 10.6. The van der Waals surface area contributed by atoms with Gasteiger partial charge in [-0.2, -0.15) is 5.26 Å². The summed E-state index contributed by atoms with van der Waals surface area (Å²) < 4.78 is 5.25. The number of non-ortho nitro benzene ring substituents is 1. The van der Waals surface area contributed by atoms with Gasteiger partial charge in [-0.25, -0.2) is 0 Å². The number of rotatable bonds is 3. The van der Waals surface area contributed by atoms with E-state index in [1.54, 1.807) is 6.07 Å². The predicted octanol–water partition coefficient (Wildman–Crippen LogP) is 2.06. The summed E-state index contributed by atoms with van der Waals surface area (Å²) in [6, 6.07) is 6.53. The van der Waals surface area contributed by atoms with Crippen LogP contribution in [-0.4, -0.2) is 24.2 Å². The van der Waals surface area contributed by atoms with E-state index in [-0.39, 0.29) is 11.7 Å². The second-order valence-electron chi connectivity index (χ2n) is 4.13. The zero-order valence-electron chi connectivity index (χ0n) is 9.76. The van der Waals surface area contributed by atoms with Crippen LogP contribution in [-0.2, 0) is 4.74 Å². The molecule has 0 saturated carbocycles. The third-order valence-corrected chi connectivity index (χ3v) is 2.92. The van der Waals surface area contributed by atoms with E-state index in [2.05, 4.69) is 5.32 Å². The average molecular weight is 247 g/mol. The summed E-state index contributed by atoms with van der Waals surface area (Å²) in [5.41, 5.74) is 0.884. The molecule has 0 radical (unpaired) electrons. The standard InChI is InChI=1S/C12H13N3O3/c13-8-9-7-11(15(16)17)1-2-12(9)14-10-3-5-18-6-4-10/h1-2,7,10,14H,3-6H2. The summed E-state index contributed by atoms with van der Waals surface area (Å²) in [6.45, 7) is 1.40. The zero-order valence-corrected chi connectivity index (χ0v) is 9.76. The fraction of sp³-hybridized carbons (Fsp3) is 0.417. The Balaban J connectivity index is 2.17. The van der Waals surface area contributed by atoms with Crippen LogP contribution in [0.4, 0.5) is 11.4 Å². The summed E-state index contributed by atoms with van der Waals surface area (Å²) in [4.78, 5) is 10.1. The smallest absolute Gasteiger partial charge is 0.270 e. The Morgan fingerprint density at radius 3 is 2.78 bits per heavy atom. The molecule has 0 aliphatic carbocycles. The lowest BCUT2D eigenvalue weighted by molar-refractivity contribution is -0.384. The van der Waals surface area contributed by atoms with Crippen molar-refractivity contribution in [3.8, 4) is 6.07 Å². The summed E-state index contributed by atoms with van der Waals surface area (Å²) in [7, 11) is 0. The average Bonchev–Trinajstić information content (AvgIpc) is 2.40. The number of nitro benzene ring substituents is 1. The molecule has 6 heteroatoms. The van der Waals surface area contributed by atoms with Gasteiger partial charge < -0.3 is 10.1 Å². The lowest BCUT2D eigenvalue weighted by Gasteiger charge is -2.24. The monoisotopic (exact) mass is 247 g/mol. The van der Waals surface area contributed by atoms with Crippen molar-refractivity contribution in [1.82, 2.24) is 0 Å². The second-order valence-corrected chi connectivity index (χ2v) is 4.13. The molecule has 1 aliphatic rings. The van der Waals surface area contributed by atoms with E-state index >= 15 is 0 Å². The third kappa shape index (κ3) is 2.76. The number of ether oxygens (including phenoxy) is 1. The van der Waals surface area contributed by atoms with Gasteiger partial charge in [0.05, 0.1) is 16.2 Å². The fourth-order valence-electron chi connectivity index (χ4n) is 1.93. The Morgan fingerprint density at radius 1 is 1.44 bits per heavy atom. The topological polar surface area (TPSA) is 88.2 Å². The number of hydrogen-bond acceptors (Lipinski definition) is 5. The van der Waals surface area contributed by atoms with Gasteiger partial charge in [0.2, 0.25) is 0 Å². The van der Waals surface area contributed by atoms with Crippen molar-refractivity contribution < 1.29 is 9.66 Å². The molecule has 18 heavy (non-hydrogen) atoms. The van der Waals surface area contributed by atoms with Crippen LogP contribution in [0.3, 0.4) is 0 Å². The first-order valence-corrected chi connectivity index (χ1v) is 5.73. The van der Waals surface area contributed by atoms with Gasteiger partial charge in [-0.15, -0.1) is 0 Å². The summed E-state index contributed by atoms with van der Waals surface area (Å²) >= 11 is 0. The minimum absolute atomic E-state index is 0.0657.